The molecule has 168 valence electrons. The van der Waals surface area contributed by atoms with E-state index in [4.69, 9.17) is 10.8 Å². The van der Waals surface area contributed by atoms with Crippen molar-refractivity contribution in [2.24, 2.45) is 5.73 Å². The maximum absolute atomic E-state index is 11.1. The Morgan fingerprint density at radius 3 is 1.74 bits per heavy atom. The first-order chi connectivity index (χ1) is 14.5. The first kappa shape index (κ1) is 25.4. The van der Waals surface area contributed by atoms with Gasteiger partial charge in [0.1, 0.15) is 12.4 Å². The molecule has 0 aliphatic carbocycles. The van der Waals surface area contributed by atoms with Crippen molar-refractivity contribution in [3.63, 3.8) is 0 Å². The smallest absolute Gasteiger partial charge is 0.407 e. The molecule has 2 rings (SSSR count). The van der Waals surface area contributed by atoms with Crippen LogP contribution in [0, 0.1) is 20.2 Å². The Labute approximate surface area is 179 Å². The highest BCUT2D eigenvalue weighted by molar-refractivity contribution is 5.66. The van der Waals surface area contributed by atoms with Crippen molar-refractivity contribution in [2.45, 2.75) is 39.2 Å². The Hall–Kier alpha value is -3.67. The molecule has 31 heavy (non-hydrogen) atoms. The fourth-order valence-electron chi connectivity index (χ4n) is 2.47. The second kappa shape index (κ2) is 11.5. The molecule has 0 saturated heterocycles. The van der Waals surface area contributed by atoms with E-state index in [2.05, 4.69) is 9.97 Å². The molecule has 12 nitrogen and oxygen atoms in total. The number of nitrogens with two attached hydrogens (primary N) is 1. The van der Waals surface area contributed by atoms with Crippen LogP contribution in [0.3, 0.4) is 0 Å². The molecule has 0 bridgehead atoms. The predicted octanol–water partition coefficient (Wildman–Crippen LogP) is 2.80. The van der Waals surface area contributed by atoms with Gasteiger partial charge in [0.25, 0.3) is 0 Å². The van der Waals surface area contributed by atoms with Gasteiger partial charge < -0.3 is 36.0 Å². The van der Waals surface area contributed by atoms with E-state index in [0.29, 0.717) is 25.9 Å². The average Bonchev–Trinajstić information content (AvgIpc) is 2.68. The van der Waals surface area contributed by atoms with Crippen molar-refractivity contribution >= 4 is 17.7 Å². The predicted molar refractivity (Wildman–Crippen MR) is 113 cm³/mol. The van der Waals surface area contributed by atoms with Crippen LogP contribution in [0.1, 0.15) is 31.9 Å². The minimum atomic E-state index is -0.984. The van der Waals surface area contributed by atoms with Gasteiger partial charge in [-0.15, -0.1) is 0 Å². The minimum absolute atomic E-state index is 0.129. The van der Waals surface area contributed by atoms with Gasteiger partial charge >= 0.3 is 17.7 Å². The Morgan fingerprint density at radius 1 is 1.00 bits per heavy atom. The van der Waals surface area contributed by atoms with Crippen LogP contribution in [0.25, 0.3) is 0 Å². The summed E-state index contributed by atoms with van der Waals surface area (Å²) in [6, 6.07) is 5.95. The lowest BCUT2D eigenvalue weighted by Gasteiger charge is -2.33. The second-order valence-electron chi connectivity index (χ2n) is 7.46. The number of hydrogen-bond acceptors (Lipinski definition) is 8. The highest BCUT2D eigenvalue weighted by Gasteiger charge is 2.25. The van der Waals surface area contributed by atoms with E-state index < -0.39 is 21.5 Å². The van der Waals surface area contributed by atoms with Gasteiger partial charge in [-0.25, -0.2) is 4.79 Å². The number of pyridine rings is 2. The summed E-state index contributed by atoms with van der Waals surface area (Å²) in [7, 11) is 0. The fraction of sp³-hybridized carbons (Fsp3) is 0.421. The number of hydrogen-bond donors (Lipinski definition) is 2. The van der Waals surface area contributed by atoms with Gasteiger partial charge in [-0.2, -0.15) is 0 Å². The van der Waals surface area contributed by atoms with Crippen LogP contribution in [0.4, 0.5) is 16.4 Å². The average molecular weight is 434 g/mol. The van der Waals surface area contributed by atoms with Crippen LogP contribution < -0.4 is 5.73 Å². The van der Waals surface area contributed by atoms with Gasteiger partial charge in [0.05, 0.1) is 0 Å². The summed E-state index contributed by atoms with van der Waals surface area (Å²) < 4.78 is 0. The standard InChI is InChI=1S/C12H17N3O4.C7H9N3O2/c1-12(2,3)14(11(16)17)7-6-9-4-5-10(13-8-9)15(18)19;8-4-3-6-1-2-7(9-5-6)10(11)12/h4-5,8H,6-7H2,1-3H3,(H,16,17);1-2,5H,3-4,8H2. The normalized spacial score (nSPS) is 10.6. The number of nitrogens with zero attached hydrogens (tertiary/aromatic N) is 5. The van der Waals surface area contributed by atoms with Crippen molar-refractivity contribution in [3.8, 4) is 0 Å². The first-order valence-electron chi connectivity index (χ1n) is 9.35. The summed E-state index contributed by atoms with van der Waals surface area (Å²) in [6.07, 6.45) is 3.06. The molecule has 12 heteroatoms. The van der Waals surface area contributed by atoms with E-state index in [-0.39, 0.29) is 11.6 Å². The minimum Gasteiger partial charge on any atom is -0.465 e. The lowest BCUT2D eigenvalue weighted by molar-refractivity contribution is -0.389. The molecule has 0 aromatic carbocycles. The van der Waals surface area contributed by atoms with E-state index >= 15 is 0 Å². The van der Waals surface area contributed by atoms with Crippen LogP contribution in [0.5, 0.6) is 0 Å². The zero-order valence-electron chi connectivity index (χ0n) is 17.6. The van der Waals surface area contributed by atoms with Gasteiger partial charge in [0, 0.05) is 24.2 Å². The molecule has 2 aromatic heterocycles. The first-order valence-corrected chi connectivity index (χ1v) is 9.35. The molecule has 3 N–H and O–H groups in total. The van der Waals surface area contributed by atoms with Crippen LogP contribution in [-0.2, 0) is 12.8 Å². The van der Waals surface area contributed by atoms with E-state index in [9.17, 15) is 25.0 Å². The number of aromatic nitrogens is 2. The molecule has 0 saturated carbocycles. The molecule has 0 fully saturated rings. The third kappa shape index (κ3) is 8.70. The van der Waals surface area contributed by atoms with Crippen LogP contribution in [0.2, 0.25) is 0 Å². The quantitative estimate of drug-likeness (QED) is 0.489. The van der Waals surface area contributed by atoms with Crippen LogP contribution >= 0.6 is 0 Å². The third-order valence-electron chi connectivity index (χ3n) is 4.09. The molecule has 0 spiro atoms. The largest absolute Gasteiger partial charge is 0.465 e. The maximum Gasteiger partial charge on any atom is 0.407 e. The van der Waals surface area contributed by atoms with Gasteiger partial charge in [-0.3, -0.25) is 0 Å². The van der Waals surface area contributed by atoms with E-state index in [0.717, 1.165) is 11.1 Å². The number of rotatable bonds is 7. The molecule has 1 amide bonds. The molecular formula is C19H26N6O6. The van der Waals surface area contributed by atoms with Crippen molar-refractivity contribution in [1.82, 2.24) is 14.9 Å². The van der Waals surface area contributed by atoms with Crippen molar-refractivity contribution in [1.29, 1.82) is 0 Å². The Kier molecular flexibility index (Phi) is 9.41. The van der Waals surface area contributed by atoms with Gasteiger partial charge in [0.15, 0.2) is 0 Å². The highest BCUT2D eigenvalue weighted by atomic mass is 16.6. The second-order valence-corrected chi connectivity index (χ2v) is 7.46. The van der Waals surface area contributed by atoms with Gasteiger partial charge in [-0.05, 0) is 83.2 Å². The van der Waals surface area contributed by atoms with Crippen LogP contribution in [-0.4, -0.2) is 54.5 Å². The zero-order valence-corrected chi connectivity index (χ0v) is 17.6. The zero-order chi connectivity index (χ0) is 23.6. The molecule has 0 unspecified atom stereocenters. The molecule has 0 atom stereocenters. The lowest BCUT2D eigenvalue weighted by Crippen LogP contribution is -2.45. The van der Waals surface area contributed by atoms with Crippen LogP contribution in [0.15, 0.2) is 36.7 Å². The Morgan fingerprint density at radius 2 is 1.45 bits per heavy atom. The summed E-state index contributed by atoms with van der Waals surface area (Å²) in [4.78, 5) is 39.4. The topological polar surface area (TPSA) is 179 Å². The monoisotopic (exact) mass is 434 g/mol. The number of carbonyl (C=O) groups is 1. The summed E-state index contributed by atoms with van der Waals surface area (Å²) in [5.74, 6) is -0.342. The maximum atomic E-state index is 11.1. The van der Waals surface area contributed by atoms with Crippen molar-refractivity contribution < 1.29 is 19.7 Å². The van der Waals surface area contributed by atoms with E-state index in [1.165, 1.54) is 29.4 Å². The van der Waals surface area contributed by atoms with Crippen molar-refractivity contribution in [2.75, 3.05) is 13.1 Å². The Balaban J connectivity index is 0.000000343. The van der Waals surface area contributed by atoms with E-state index in [1.54, 1.807) is 12.1 Å². The molecule has 0 aliphatic rings. The summed E-state index contributed by atoms with van der Waals surface area (Å²) in [5.41, 5.74) is 6.50. The molecule has 2 aromatic rings. The number of amides is 1. The summed E-state index contributed by atoms with van der Waals surface area (Å²) in [6.45, 7) is 6.29. The SMILES string of the molecule is CC(C)(C)N(CCc1ccc([N+](=O)[O-])nc1)C(=O)O.NCCc1ccc([N+](=O)[O-])nc1. The number of nitro groups is 2. The fourth-order valence-corrected chi connectivity index (χ4v) is 2.47. The molecule has 0 aliphatic heterocycles. The van der Waals surface area contributed by atoms with Gasteiger partial charge in [0.2, 0.25) is 0 Å². The molecular weight excluding hydrogens is 408 g/mol. The molecule has 0 radical (unpaired) electrons. The van der Waals surface area contributed by atoms with E-state index in [1.807, 2.05) is 20.8 Å². The Bertz CT molecular complexity index is 880. The van der Waals surface area contributed by atoms with Gasteiger partial charge in [-0.1, -0.05) is 0 Å². The lowest BCUT2D eigenvalue weighted by atomic mass is 10.1. The molecule has 2 heterocycles. The summed E-state index contributed by atoms with van der Waals surface area (Å²) in [5, 5.41) is 29.8. The van der Waals surface area contributed by atoms with Crippen molar-refractivity contribution in [3.05, 3.63) is 68.0 Å². The summed E-state index contributed by atoms with van der Waals surface area (Å²) >= 11 is 0. The third-order valence-corrected chi connectivity index (χ3v) is 4.09. The highest BCUT2D eigenvalue weighted by Crippen LogP contribution is 2.15. The number of carboxylic acid groups (broad SMARTS) is 1.